The van der Waals surface area contributed by atoms with E-state index in [1.165, 1.54) is 28.5 Å². The Morgan fingerprint density at radius 2 is 2.02 bits per heavy atom. The molecule has 1 aliphatic heterocycles. The number of nitrogen functional groups attached to an aromatic ring is 1. The number of aromatic nitrogens is 4. The van der Waals surface area contributed by atoms with Gasteiger partial charge < -0.3 is 30.5 Å². The summed E-state index contributed by atoms with van der Waals surface area (Å²) in [5.74, 6) is -2.93. The van der Waals surface area contributed by atoms with E-state index in [0.29, 0.717) is 6.07 Å². The van der Waals surface area contributed by atoms with Crippen LogP contribution in [0.1, 0.15) is 48.6 Å². The third-order valence-electron chi connectivity index (χ3n) is 7.21. The highest BCUT2D eigenvalue weighted by Gasteiger charge is 2.36. The zero-order chi connectivity index (χ0) is 33.5. The molecule has 0 saturated carbocycles. The van der Waals surface area contributed by atoms with Crippen LogP contribution in [0.5, 0.6) is 5.75 Å². The molecule has 0 aliphatic carbocycles. The van der Waals surface area contributed by atoms with E-state index < -0.39 is 47.4 Å². The molecular formula is C29H28ClF4N7O5. The Labute approximate surface area is 264 Å². The Balaban J connectivity index is 1.59. The van der Waals surface area contributed by atoms with Gasteiger partial charge in [0.15, 0.2) is 0 Å². The molecule has 0 spiro atoms. The molecule has 2 amide bonds. The average molecular weight is 666 g/mol. The number of pyridine rings is 1. The standard InChI is InChI=1S/C29H28ClF4N7O5/c1-4-45-18-8-15(27(43)38-21-9-16(5-6-36-21)29(32,33)34)7-17(31)22(18)23-24-25(35)37-10-20(30)41(24)26(39-23)19-11-40(13(2)12-46-19)28(44)14(3)42/h5-10,13-14,19,42H,4,11-12H2,1-3H3,(H2,35,37)(H,36,38,43)/t13-,14-,19+/m0/s1. The second-order valence-corrected chi connectivity index (χ2v) is 10.8. The smallest absolute Gasteiger partial charge is 0.416 e. The number of benzene rings is 1. The minimum atomic E-state index is -4.67. The zero-order valence-electron chi connectivity index (χ0n) is 24.6. The fourth-order valence-corrected chi connectivity index (χ4v) is 5.28. The fraction of sp³-hybridized carbons (Fsp3) is 0.345. The van der Waals surface area contributed by atoms with Crippen molar-refractivity contribution in [3.8, 4) is 17.0 Å². The van der Waals surface area contributed by atoms with Gasteiger partial charge in [-0.15, -0.1) is 0 Å². The number of alkyl halides is 3. The number of amides is 2. The van der Waals surface area contributed by atoms with Crippen LogP contribution in [0.2, 0.25) is 5.15 Å². The molecule has 3 aromatic heterocycles. The van der Waals surface area contributed by atoms with Gasteiger partial charge in [-0.1, -0.05) is 11.6 Å². The average Bonchev–Trinajstić information content (AvgIpc) is 3.40. The van der Waals surface area contributed by atoms with Crippen molar-refractivity contribution in [2.24, 2.45) is 0 Å². The van der Waals surface area contributed by atoms with Gasteiger partial charge in [0.25, 0.3) is 11.8 Å². The van der Waals surface area contributed by atoms with Gasteiger partial charge in [-0.05, 0) is 45.0 Å². The van der Waals surface area contributed by atoms with Crippen LogP contribution in [0.4, 0.5) is 29.2 Å². The zero-order valence-corrected chi connectivity index (χ0v) is 25.4. The fourth-order valence-electron chi connectivity index (χ4n) is 5.06. The van der Waals surface area contributed by atoms with Crippen molar-refractivity contribution in [1.29, 1.82) is 0 Å². The van der Waals surface area contributed by atoms with Crippen molar-refractivity contribution in [1.82, 2.24) is 24.3 Å². The monoisotopic (exact) mass is 665 g/mol. The van der Waals surface area contributed by atoms with Gasteiger partial charge in [-0.25, -0.2) is 19.3 Å². The Bertz CT molecular complexity index is 1820. The number of nitrogens with two attached hydrogens (primary N) is 1. The lowest BCUT2D eigenvalue weighted by molar-refractivity contribution is -0.152. The highest BCUT2D eigenvalue weighted by atomic mass is 35.5. The number of carbonyl (C=O) groups is 2. The summed E-state index contributed by atoms with van der Waals surface area (Å²) in [7, 11) is 0. The SMILES string of the molecule is CCOc1cc(C(=O)Nc2cc(C(F)(F)F)ccn2)cc(F)c1-c1nc([C@H]2CN(C(=O)[C@H](C)O)[C@@H](C)CO2)n2c(Cl)cnc(N)c12. The minimum absolute atomic E-state index is 0.0223. The second-order valence-electron chi connectivity index (χ2n) is 10.5. The molecule has 46 heavy (non-hydrogen) atoms. The molecule has 4 aromatic rings. The summed E-state index contributed by atoms with van der Waals surface area (Å²) < 4.78 is 68.6. The van der Waals surface area contributed by atoms with E-state index in [0.717, 1.165) is 18.3 Å². The number of imidazole rings is 1. The third kappa shape index (κ3) is 6.27. The molecule has 244 valence electrons. The Kier molecular flexibility index (Phi) is 9.06. The van der Waals surface area contributed by atoms with Crippen LogP contribution in [0.25, 0.3) is 16.8 Å². The van der Waals surface area contributed by atoms with Crippen molar-refractivity contribution in [2.75, 3.05) is 30.8 Å². The number of rotatable bonds is 7. The van der Waals surface area contributed by atoms with Crippen LogP contribution in [-0.4, -0.2) is 73.1 Å². The van der Waals surface area contributed by atoms with E-state index >= 15 is 4.39 Å². The summed E-state index contributed by atoms with van der Waals surface area (Å²) >= 11 is 6.53. The maximum absolute atomic E-state index is 16.1. The van der Waals surface area contributed by atoms with E-state index in [1.54, 1.807) is 13.8 Å². The Morgan fingerprint density at radius 3 is 2.70 bits per heavy atom. The molecule has 12 nitrogen and oxygen atoms in total. The molecule has 0 bridgehead atoms. The van der Waals surface area contributed by atoms with Gasteiger partial charge in [-0.3, -0.25) is 14.0 Å². The first-order valence-corrected chi connectivity index (χ1v) is 14.3. The number of aliphatic hydroxyl groups excluding tert-OH is 1. The lowest BCUT2D eigenvalue weighted by Crippen LogP contribution is -2.51. The summed E-state index contributed by atoms with van der Waals surface area (Å²) in [6.07, 6.45) is -4.67. The number of aliphatic hydroxyl groups is 1. The number of nitrogens with one attached hydrogen (secondary N) is 1. The molecule has 3 atom stereocenters. The number of nitrogens with zero attached hydrogens (tertiary/aromatic N) is 5. The van der Waals surface area contributed by atoms with Crippen LogP contribution in [-0.2, 0) is 15.7 Å². The summed E-state index contributed by atoms with van der Waals surface area (Å²) in [5, 5.41) is 12.2. The molecule has 4 heterocycles. The largest absolute Gasteiger partial charge is 0.493 e. The molecule has 5 rings (SSSR count). The molecule has 0 radical (unpaired) electrons. The van der Waals surface area contributed by atoms with Crippen molar-refractivity contribution >= 4 is 40.6 Å². The summed E-state index contributed by atoms with van der Waals surface area (Å²) in [5.41, 5.74) is 4.74. The maximum atomic E-state index is 16.1. The first-order chi connectivity index (χ1) is 21.7. The van der Waals surface area contributed by atoms with Crippen LogP contribution in [0.15, 0.2) is 36.7 Å². The van der Waals surface area contributed by atoms with Crippen LogP contribution in [0, 0.1) is 5.82 Å². The highest BCUT2D eigenvalue weighted by molar-refractivity contribution is 6.30. The van der Waals surface area contributed by atoms with Crippen LogP contribution in [0.3, 0.4) is 0 Å². The quantitative estimate of drug-likeness (QED) is 0.242. The summed E-state index contributed by atoms with van der Waals surface area (Å²) in [6, 6.07) is 3.09. The molecular weight excluding hydrogens is 638 g/mol. The third-order valence-corrected chi connectivity index (χ3v) is 7.48. The topological polar surface area (TPSA) is 157 Å². The first kappa shape index (κ1) is 32.8. The Hall–Kier alpha value is -4.54. The molecule has 4 N–H and O–H groups in total. The predicted molar refractivity (Wildman–Crippen MR) is 158 cm³/mol. The van der Waals surface area contributed by atoms with Crippen molar-refractivity contribution < 1.29 is 41.7 Å². The summed E-state index contributed by atoms with van der Waals surface area (Å²) in [4.78, 5) is 39.6. The molecule has 1 aliphatic rings. The van der Waals surface area contributed by atoms with E-state index in [4.69, 9.17) is 26.8 Å². The lowest BCUT2D eigenvalue weighted by atomic mass is 10.0. The van der Waals surface area contributed by atoms with Gasteiger partial charge in [0, 0.05) is 11.8 Å². The highest BCUT2D eigenvalue weighted by Crippen LogP contribution is 2.41. The maximum Gasteiger partial charge on any atom is 0.416 e. The van der Waals surface area contributed by atoms with Gasteiger partial charge in [-0.2, -0.15) is 13.2 Å². The number of carbonyl (C=O) groups excluding carboxylic acids is 2. The van der Waals surface area contributed by atoms with Crippen molar-refractivity contribution in [2.45, 2.75) is 45.2 Å². The van der Waals surface area contributed by atoms with Crippen molar-refractivity contribution in [3.05, 3.63) is 64.6 Å². The van der Waals surface area contributed by atoms with Gasteiger partial charge >= 0.3 is 6.18 Å². The number of hydrogen-bond acceptors (Lipinski definition) is 9. The molecule has 0 unspecified atom stereocenters. The number of fused-ring (bicyclic) bond motifs is 1. The van der Waals surface area contributed by atoms with Crippen LogP contribution >= 0.6 is 11.6 Å². The second kappa shape index (κ2) is 12.7. The van der Waals surface area contributed by atoms with E-state index in [9.17, 15) is 27.9 Å². The van der Waals surface area contributed by atoms with E-state index in [2.05, 4.69) is 20.3 Å². The number of ether oxygens (including phenoxy) is 2. The number of halogens is 5. The minimum Gasteiger partial charge on any atom is -0.493 e. The van der Waals surface area contributed by atoms with E-state index in [-0.39, 0.29) is 70.7 Å². The van der Waals surface area contributed by atoms with Crippen LogP contribution < -0.4 is 15.8 Å². The predicted octanol–water partition coefficient (Wildman–Crippen LogP) is 4.51. The normalized spacial score (nSPS) is 17.6. The van der Waals surface area contributed by atoms with E-state index in [1.807, 2.05) is 0 Å². The summed E-state index contributed by atoms with van der Waals surface area (Å²) in [6.45, 7) is 4.82. The Morgan fingerprint density at radius 1 is 1.28 bits per heavy atom. The van der Waals surface area contributed by atoms with Crippen molar-refractivity contribution in [3.63, 3.8) is 0 Å². The lowest BCUT2D eigenvalue weighted by Gasteiger charge is -2.38. The molecule has 17 heteroatoms. The molecule has 1 fully saturated rings. The number of hydrogen-bond donors (Lipinski definition) is 3. The number of morpholine rings is 1. The first-order valence-electron chi connectivity index (χ1n) is 13.9. The van der Waals surface area contributed by atoms with Gasteiger partial charge in [0.1, 0.15) is 57.6 Å². The van der Waals surface area contributed by atoms with Gasteiger partial charge in [0.05, 0.1) is 43.1 Å². The number of anilines is 2. The molecule has 1 saturated heterocycles. The van der Waals surface area contributed by atoms with Gasteiger partial charge in [0.2, 0.25) is 0 Å². The molecule has 1 aromatic carbocycles.